The van der Waals surface area contributed by atoms with Gasteiger partial charge in [-0.1, -0.05) is 33.3 Å². The molecule has 1 N–H and O–H groups in total. The van der Waals surface area contributed by atoms with Crippen molar-refractivity contribution in [3.63, 3.8) is 0 Å². The molecular weight excluding hydrogens is 280 g/mol. The normalized spacial score (nSPS) is 27.6. The van der Waals surface area contributed by atoms with E-state index >= 15 is 0 Å². The zero-order chi connectivity index (χ0) is 16.2. The molecule has 1 fully saturated rings. The van der Waals surface area contributed by atoms with Crippen LogP contribution in [0.2, 0.25) is 0 Å². The summed E-state index contributed by atoms with van der Waals surface area (Å²) in [6, 6.07) is 0. The van der Waals surface area contributed by atoms with Gasteiger partial charge in [0.05, 0.1) is 6.54 Å². The highest BCUT2D eigenvalue weighted by Gasteiger charge is 2.46. The highest BCUT2D eigenvalue weighted by Crippen LogP contribution is 2.34. The maximum absolute atomic E-state index is 12.3. The number of allylic oxidation sites excluding steroid dienone is 2. The van der Waals surface area contributed by atoms with Crippen LogP contribution in [-0.4, -0.2) is 35.6 Å². The Hall–Kier alpha value is -1.78. The first-order valence-electron chi connectivity index (χ1n) is 8.09. The van der Waals surface area contributed by atoms with Gasteiger partial charge in [0.2, 0.25) is 0 Å². The summed E-state index contributed by atoms with van der Waals surface area (Å²) in [5, 5.41) is 3.08. The van der Waals surface area contributed by atoms with E-state index in [1.165, 1.54) is 0 Å². The molecule has 122 valence electrons. The summed E-state index contributed by atoms with van der Waals surface area (Å²) in [6.45, 7) is 7.08. The summed E-state index contributed by atoms with van der Waals surface area (Å²) in [6.07, 6.45) is 9.28. The number of ether oxygens (including phenoxy) is 1. The molecule has 0 aliphatic carbocycles. The topological polar surface area (TPSA) is 58.6 Å². The van der Waals surface area contributed by atoms with E-state index in [0.29, 0.717) is 18.0 Å². The van der Waals surface area contributed by atoms with Crippen LogP contribution in [0, 0.1) is 5.92 Å². The van der Waals surface area contributed by atoms with Gasteiger partial charge in [-0.25, -0.2) is 4.79 Å². The summed E-state index contributed by atoms with van der Waals surface area (Å²) in [5.74, 6) is 0.590. The van der Waals surface area contributed by atoms with Crippen LogP contribution in [0.1, 0.15) is 46.5 Å². The number of hydrogen-bond donors (Lipinski definition) is 1. The SMILES string of the molecule is CCCC1(CCC(C)C)CN(C2C=CC(C=O)=CN2)C(=O)O1. The van der Waals surface area contributed by atoms with Crippen LogP contribution >= 0.6 is 0 Å². The molecule has 0 bridgehead atoms. The second kappa shape index (κ2) is 6.99. The number of dihydropyridines is 1. The number of amides is 1. The Kier molecular flexibility index (Phi) is 5.27. The smallest absolute Gasteiger partial charge is 0.412 e. The average Bonchev–Trinajstić information content (AvgIpc) is 2.83. The predicted octanol–water partition coefficient (Wildman–Crippen LogP) is 2.98. The molecule has 2 heterocycles. The quantitative estimate of drug-likeness (QED) is 0.735. The van der Waals surface area contributed by atoms with Crippen molar-refractivity contribution in [2.45, 2.75) is 58.2 Å². The molecule has 0 radical (unpaired) electrons. The second-order valence-electron chi connectivity index (χ2n) is 6.59. The van der Waals surface area contributed by atoms with Gasteiger partial charge in [0, 0.05) is 11.8 Å². The minimum Gasteiger partial charge on any atom is -0.441 e. The number of aldehydes is 1. The maximum Gasteiger partial charge on any atom is 0.412 e. The van der Waals surface area contributed by atoms with Gasteiger partial charge in [0.1, 0.15) is 11.8 Å². The first-order chi connectivity index (χ1) is 10.5. The lowest BCUT2D eigenvalue weighted by molar-refractivity contribution is -0.104. The van der Waals surface area contributed by atoms with Crippen LogP contribution in [0.5, 0.6) is 0 Å². The lowest BCUT2D eigenvalue weighted by atomic mass is 9.89. The van der Waals surface area contributed by atoms with Gasteiger partial charge in [-0.2, -0.15) is 0 Å². The first-order valence-corrected chi connectivity index (χ1v) is 8.09. The maximum atomic E-state index is 12.3. The third-order valence-electron chi connectivity index (χ3n) is 4.24. The van der Waals surface area contributed by atoms with Crippen LogP contribution in [-0.2, 0) is 9.53 Å². The second-order valence-corrected chi connectivity index (χ2v) is 6.59. The van der Waals surface area contributed by atoms with Crippen LogP contribution in [0.3, 0.4) is 0 Å². The van der Waals surface area contributed by atoms with E-state index in [4.69, 9.17) is 4.74 Å². The predicted molar refractivity (Wildman–Crippen MR) is 85.1 cm³/mol. The van der Waals surface area contributed by atoms with E-state index in [0.717, 1.165) is 32.0 Å². The molecule has 22 heavy (non-hydrogen) atoms. The van der Waals surface area contributed by atoms with Gasteiger partial charge in [0.15, 0.2) is 6.29 Å². The molecule has 5 nitrogen and oxygen atoms in total. The molecule has 0 aromatic heterocycles. The van der Waals surface area contributed by atoms with E-state index < -0.39 is 0 Å². The molecule has 1 saturated heterocycles. The highest BCUT2D eigenvalue weighted by atomic mass is 16.6. The molecule has 1 amide bonds. The number of cyclic esters (lactones) is 1. The van der Waals surface area contributed by atoms with Crippen molar-refractivity contribution in [2.75, 3.05) is 6.54 Å². The molecule has 0 spiro atoms. The molecule has 5 heteroatoms. The van der Waals surface area contributed by atoms with Crippen molar-refractivity contribution < 1.29 is 14.3 Å². The summed E-state index contributed by atoms with van der Waals surface area (Å²) in [4.78, 5) is 24.7. The fraction of sp³-hybridized carbons (Fsp3) is 0.647. The number of nitrogens with one attached hydrogen (secondary N) is 1. The third-order valence-corrected chi connectivity index (χ3v) is 4.24. The fourth-order valence-corrected chi connectivity index (χ4v) is 3.01. The van der Waals surface area contributed by atoms with Gasteiger partial charge in [0.25, 0.3) is 0 Å². The molecule has 2 atom stereocenters. The van der Waals surface area contributed by atoms with Crippen LogP contribution in [0.25, 0.3) is 0 Å². The van der Waals surface area contributed by atoms with Crippen LogP contribution < -0.4 is 5.32 Å². The first kappa shape index (κ1) is 16.6. The summed E-state index contributed by atoms with van der Waals surface area (Å²) in [5.41, 5.74) is 0.198. The highest BCUT2D eigenvalue weighted by molar-refractivity contribution is 5.78. The Labute approximate surface area is 132 Å². The summed E-state index contributed by atoms with van der Waals surface area (Å²) >= 11 is 0. The minimum atomic E-state index is -0.375. The van der Waals surface area contributed by atoms with Crippen molar-refractivity contribution in [3.05, 3.63) is 23.9 Å². The van der Waals surface area contributed by atoms with Crippen molar-refractivity contribution in [1.82, 2.24) is 10.2 Å². The third kappa shape index (κ3) is 3.70. The monoisotopic (exact) mass is 306 g/mol. The molecule has 2 aliphatic rings. The Balaban J connectivity index is 2.06. The van der Waals surface area contributed by atoms with E-state index in [1.807, 2.05) is 6.08 Å². The summed E-state index contributed by atoms with van der Waals surface area (Å²) in [7, 11) is 0. The lowest BCUT2D eigenvalue weighted by Crippen LogP contribution is -2.45. The van der Waals surface area contributed by atoms with E-state index in [2.05, 4.69) is 26.1 Å². The van der Waals surface area contributed by atoms with Gasteiger partial charge < -0.3 is 10.1 Å². The average molecular weight is 306 g/mol. The van der Waals surface area contributed by atoms with Gasteiger partial charge in [-0.05, 0) is 31.3 Å². The van der Waals surface area contributed by atoms with E-state index in [9.17, 15) is 9.59 Å². The van der Waals surface area contributed by atoms with Crippen molar-refractivity contribution in [3.8, 4) is 0 Å². The number of carbonyl (C=O) groups is 2. The van der Waals surface area contributed by atoms with E-state index in [-0.39, 0.29) is 17.9 Å². The van der Waals surface area contributed by atoms with Crippen molar-refractivity contribution >= 4 is 12.4 Å². The zero-order valence-electron chi connectivity index (χ0n) is 13.7. The summed E-state index contributed by atoms with van der Waals surface area (Å²) < 4.78 is 5.78. The molecular formula is C17H26N2O3. The number of nitrogens with zero attached hydrogens (tertiary/aromatic N) is 1. The Morgan fingerprint density at radius 2 is 2.27 bits per heavy atom. The van der Waals surface area contributed by atoms with Crippen molar-refractivity contribution in [2.24, 2.45) is 5.92 Å². The molecule has 0 aromatic carbocycles. The van der Waals surface area contributed by atoms with Gasteiger partial charge in [-0.3, -0.25) is 9.69 Å². The largest absolute Gasteiger partial charge is 0.441 e. The standard InChI is InChI=1S/C17H26N2O3/c1-4-8-17(9-7-13(2)3)12-19(16(21)22-17)15-6-5-14(11-20)10-18-15/h5-6,10-11,13,15,18H,4,7-9,12H2,1-3H3. The molecule has 2 unspecified atom stereocenters. The lowest BCUT2D eigenvalue weighted by Gasteiger charge is -2.29. The molecule has 2 rings (SSSR count). The molecule has 2 aliphatic heterocycles. The molecule has 0 saturated carbocycles. The van der Waals surface area contributed by atoms with Crippen LogP contribution in [0.15, 0.2) is 23.9 Å². The Morgan fingerprint density at radius 3 is 2.82 bits per heavy atom. The van der Waals surface area contributed by atoms with E-state index in [1.54, 1.807) is 17.2 Å². The number of hydrogen-bond acceptors (Lipinski definition) is 4. The number of carbonyl (C=O) groups excluding carboxylic acids is 2. The van der Waals surface area contributed by atoms with Gasteiger partial charge >= 0.3 is 6.09 Å². The molecule has 0 aromatic rings. The van der Waals surface area contributed by atoms with Gasteiger partial charge in [-0.15, -0.1) is 0 Å². The fourth-order valence-electron chi connectivity index (χ4n) is 3.01. The number of rotatable bonds is 7. The zero-order valence-corrected chi connectivity index (χ0v) is 13.7. The van der Waals surface area contributed by atoms with Crippen molar-refractivity contribution in [1.29, 1.82) is 0 Å². The van der Waals surface area contributed by atoms with Crippen LogP contribution in [0.4, 0.5) is 4.79 Å². The Bertz CT molecular complexity index is 484. The minimum absolute atomic E-state index is 0.242. The Morgan fingerprint density at radius 1 is 1.50 bits per heavy atom.